The van der Waals surface area contributed by atoms with E-state index in [-0.39, 0.29) is 0 Å². The molecule has 0 saturated carbocycles. The van der Waals surface area contributed by atoms with Crippen molar-refractivity contribution in [3.63, 3.8) is 0 Å². The molecule has 0 N–H and O–H groups in total. The van der Waals surface area contributed by atoms with Gasteiger partial charge in [-0.15, -0.1) is 11.3 Å². The van der Waals surface area contributed by atoms with Gasteiger partial charge in [-0.3, -0.25) is 4.98 Å². The number of fused-ring (bicyclic) bond motifs is 8. The maximum Gasteiger partial charge on any atom is 0.0971 e. The monoisotopic (exact) mass is 553 g/mol. The Hall–Kier alpha value is -5.32. The van der Waals surface area contributed by atoms with Gasteiger partial charge in [0.1, 0.15) is 0 Å². The highest BCUT2D eigenvalue weighted by molar-refractivity contribution is 7.26. The van der Waals surface area contributed by atoms with Gasteiger partial charge in [-0.2, -0.15) is 0 Å². The lowest BCUT2D eigenvalue weighted by molar-refractivity contribution is 1.18. The summed E-state index contributed by atoms with van der Waals surface area (Å²) in [6.45, 7) is 0. The van der Waals surface area contributed by atoms with E-state index in [1.165, 1.54) is 36.5 Å². The van der Waals surface area contributed by atoms with Gasteiger partial charge in [0.2, 0.25) is 0 Å². The zero-order valence-corrected chi connectivity index (χ0v) is 23.3. The molecular formula is C38H23N3S. The molecule has 0 atom stereocenters. The van der Waals surface area contributed by atoms with Gasteiger partial charge in [0.05, 0.1) is 22.2 Å². The Morgan fingerprint density at radius 2 is 1.33 bits per heavy atom. The van der Waals surface area contributed by atoms with Crippen molar-refractivity contribution >= 4 is 64.2 Å². The first-order valence-corrected chi connectivity index (χ1v) is 14.9. The van der Waals surface area contributed by atoms with Crippen LogP contribution in [0.1, 0.15) is 0 Å². The topological polar surface area (TPSA) is 30.7 Å². The van der Waals surface area contributed by atoms with Gasteiger partial charge in [0.25, 0.3) is 0 Å². The van der Waals surface area contributed by atoms with Crippen molar-refractivity contribution in [2.45, 2.75) is 0 Å². The molecular weight excluding hydrogens is 531 g/mol. The standard InChI is InChI=1S/C38H23N3S/c1-2-8-25(9-3-1)32-19-20-33-37(40-32)30-18-21-35-36(29-12-6-7-13-34(29)42-35)38(30)41(33)27-16-14-24(15-17-27)31-23-39-22-26-10-4-5-11-28(26)31/h1-23H. The van der Waals surface area contributed by atoms with E-state index in [9.17, 15) is 0 Å². The number of benzene rings is 5. The van der Waals surface area contributed by atoms with Crippen LogP contribution in [0.2, 0.25) is 0 Å². The second-order valence-corrected chi connectivity index (χ2v) is 11.7. The molecule has 0 bridgehead atoms. The van der Waals surface area contributed by atoms with Crippen LogP contribution in [0.4, 0.5) is 0 Å². The van der Waals surface area contributed by atoms with Crippen molar-refractivity contribution < 1.29 is 0 Å². The molecule has 0 spiro atoms. The van der Waals surface area contributed by atoms with Crippen LogP contribution in [0.3, 0.4) is 0 Å². The maximum absolute atomic E-state index is 5.26. The van der Waals surface area contributed by atoms with Crippen LogP contribution in [0.5, 0.6) is 0 Å². The SMILES string of the molecule is c1ccc(-c2ccc3c(n2)c2ccc4sc5ccccc5c4c2n3-c2ccc(-c3cncc4ccccc34)cc2)cc1. The molecule has 4 aromatic heterocycles. The van der Waals surface area contributed by atoms with Crippen molar-refractivity contribution in [1.29, 1.82) is 0 Å². The lowest BCUT2D eigenvalue weighted by atomic mass is 10.0. The second-order valence-electron chi connectivity index (χ2n) is 10.7. The molecule has 0 aliphatic rings. The summed E-state index contributed by atoms with van der Waals surface area (Å²) in [6, 6.07) is 45.4. The van der Waals surface area contributed by atoms with Gasteiger partial charge in [-0.05, 0) is 53.4 Å². The van der Waals surface area contributed by atoms with Crippen molar-refractivity contribution in [1.82, 2.24) is 14.5 Å². The summed E-state index contributed by atoms with van der Waals surface area (Å²) in [6.07, 6.45) is 3.90. The Balaban J connectivity index is 1.33. The summed E-state index contributed by atoms with van der Waals surface area (Å²) in [5.74, 6) is 0. The van der Waals surface area contributed by atoms with E-state index in [0.717, 1.165) is 44.5 Å². The molecule has 0 saturated heterocycles. The molecule has 0 amide bonds. The molecule has 3 nitrogen and oxygen atoms in total. The molecule has 5 aromatic carbocycles. The first-order chi connectivity index (χ1) is 20.8. The third kappa shape index (κ3) is 3.46. The molecule has 42 heavy (non-hydrogen) atoms. The fraction of sp³-hybridized carbons (Fsp3) is 0. The minimum Gasteiger partial charge on any atom is -0.307 e. The Morgan fingerprint density at radius 1 is 0.548 bits per heavy atom. The number of rotatable bonds is 3. The summed E-state index contributed by atoms with van der Waals surface area (Å²) in [5.41, 5.74) is 8.84. The Bertz CT molecular complexity index is 2450. The molecule has 196 valence electrons. The zero-order chi connectivity index (χ0) is 27.6. The van der Waals surface area contributed by atoms with Gasteiger partial charge in [-0.25, -0.2) is 4.98 Å². The quantitative estimate of drug-likeness (QED) is 0.218. The van der Waals surface area contributed by atoms with E-state index in [2.05, 4.69) is 131 Å². The largest absolute Gasteiger partial charge is 0.307 e. The first kappa shape index (κ1) is 23.4. The predicted octanol–water partition coefficient (Wildman–Crippen LogP) is 10.4. The number of pyridine rings is 2. The lowest BCUT2D eigenvalue weighted by Gasteiger charge is -2.11. The molecule has 0 unspecified atom stereocenters. The Kier molecular flexibility index (Phi) is 5.07. The van der Waals surface area contributed by atoms with Crippen LogP contribution >= 0.6 is 11.3 Å². The number of aromatic nitrogens is 3. The van der Waals surface area contributed by atoms with E-state index >= 15 is 0 Å². The van der Waals surface area contributed by atoms with Crippen LogP contribution in [0.25, 0.3) is 81.0 Å². The third-order valence-electron chi connectivity index (χ3n) is 8.28. The molecule has 0 aliphatic carbocycles. The average Bonchev–Trinajstić information content (AvgIpc) is 3.60. The van der Waals surface area contributed by atoms with Gasteiger partial charge in [0, 0.05) is 60.2 Å². The highest BCUT2D eigenvalue weighted by Gasteiger charge is 2.19. The Morgan fingerprint density at radius 3 is 2.21 bits per heavy atom. The highest BCUT2D eigenvalue weighted by Crippen LogP contribution is 2.43. The first-order valence-electron chi connectivity index (χ1n) is 14.1. The average molecular weight is 554 g/mol. The minimum atomic E-state index is 0.983. The number of hydrogen-bond acceptors (Lipinski definition) is 3. The predicted molar refractivity (Wildman–Crippen MR) is 178 cm³/mol. The maximum atomic E-state index is 5.26. The van der Waals surface area contributed by atoms with Crippen molar-refractivity contribution in [2.24, 2.45) is 0 Å². The van der Waals surface area contributed by atoms with Crippen LogP contribution in [0.15, 0.2) is 140 Å². The van der Waals surface area contributed by atoms with Crippen LogP contribution in [0, 0.1) is 0 Å². The van der Waals surface area contributed by atoms with E-state index in [1.54, 1.807) is 0 Å². The Labute approximate surface area is 246 Å². The highest BCUT2D eigenvalue weighted by atomic mass is 32.1. The summed E-state index contributed by atoms with van der Waals surface area (Å²) >= 11 is 1.85. The lowest BCUT2D eigenvalue weighted by Crippen LogP contribution is -1.95. The number of thiophene rings is 1. The van der Waals surface area contributed by atoms with E-state index in [4.69, 9.17) is 4.98 Å². The van der Waals surface area contributed by atoms with Gasteiger partial charge < -0.3 is 4.57 Å². The molecule has 0 fully saturated rings. The van der Waals surface area contributed by atoms with Crippen LogP contribution in [-0.4, -0.2) is 14.5 Å². The summed E-state index contributed by atoms with van der Waals surface area (Å²) in [4.78, 5) is 9.79. The molecule has 4 heteroatoms. The molecule has 4 heterocycles. The van der Waals surface area contributed by atoms with Crippen LogP contribution in [-0.2, 0) is 0 Å². The third-order valence-corrected chi connectivity index (χ3v) is 9.42. The van der Waals surface area contributed by atoms with Crippen LogP contribution < -0.4 is 0 Å². The van der Waals surface area contributed by atoms with Crippen molar-refractivity contribution in [3.05, 3.63) is 140 Å². The van der Waals surface area contributed by atoms with Gasteiger partial charge >= 0.3 is 0 Å². The number of hydrogen-bond donors (Lipinski definition) is 0. The van der Waals surface area contributed by atoms with Gasteiger partial charge in [-0.1, -0.05) is 84.9 Å². The summed E-state index contributed by atoms with van der Waals surface area (Å²) in [7, 11) is 0. The minimum absolute atomic E-state index is 0.983. The molecule has 0 radical (unpaired) electrons. The van der Waals surface area contributed by atoms with E-state index in [0.29, 0.717) is 0 Å². The normalized spacial score (nSPS) is 11.8. The molecule has 9 rings (SSSR count). The number of nitrogens with zero attached hydrogens (tertiary/aromatic N) is 3. The zero-order valence-electron chi connectivity index (χ0n) is 22.5. The summed E-state index contributed by atoms with van der Waals surface area (Å²) < 4.78 is 4.99. The fourth-order valence-electron chi connectivity index (χ4n) is 6.35. The molecule has 9 aromatic rings. The van der Waals surface area contributed by atoms with E-state index in [1.807, 2.05) is 29.8 Å². The fourth-order valence-corrected chi connectivity index (χ4v) is 7.46. The van der Waals surface area contributed by atoms with Gasteiger partial charge in [0.15, 0.2) is 0 Å². The smallest absolute Gasteiger partial charge is 0.0971 e. The van der Waals surface area contributed by atoms with Crippen molar-refractivity contribution in [3.8, 4) is 28.1 Å². The molecule has 0 aliphatic heterocycles. The summed E-state index contributed by atoms with van der Waals surface area (Å²) in [5, 5.41) is 6.10. The second kappa shape index (κ2) is 9.10. The van der Waals surface area contributed by atoms with Crippen molar-refractivity contribution in [2.75, 3.05) is 0 Å². The van der Waals surface area contributed by atoms with E-state index < -0.39 is 0 Å².